The smallest absolute Gasteiger partial charge is 0.306 e. The monoisotopic (exact) mass is 266 g/mol. The van der Waals surface area contributed by atoms with Gasteiger partial charge in [0.25, 0.3) is 0 Å². The Labute approximate surface area is 115 Å². The fraction of sp³-hybridized carbons (Fsp3) is 0.938. The van der Waals surface area contributed by atoms with Crippen LogP contribution in [0.2, 0.25) is 0 Å². The lowest BCUT2D eigenvalue weighted by molar-refractivity contribution is -0.167. The molecule has 108 valence electrons. The second kappa shape index (κ2) is 5.43. The third-order valence-electron chi connectivity index (χ3n) is 5.82. The van der Waals surface area contributed by atoms with E-state index in [9.17, 15) is 4.79 Å². The van der Waals surface area contributed by atoms with E-state index in [0.29, 0.717) is 17.6 Å². The number of hydrogen-bond donors (Lipinski definition) is 1. The highest BCUT2D eigenvalue weighted by Crippen LogP contribution is 2.53. The Balaban J connectivity index is 1.49. The van der Waals surface area contributed by atoms with Crippen LogP contribution in [0, 0.1) is 11.3 Å². The van der Waals surface area contributed by atoms with Crippen molar-refractivity contribution in [3.8, 4) is 0 Å². The first kappa shape index (κ1) is 13.4. The van der Waals surface area contributed by atoms with E-state index in [1.54, 1.807) is 0 Å². The summed E-state index contributed by atoms with van der Waals surface area (Å²) >= 11 is 0. The van der Waals surface area contributed by atoms with Crippen LogP contribution in [0.15, 0.2) is 0 Å². The molecule has 3 saturated carbocycles. The zero-order valence-corrected chi connectivity index (χ0v) is 11.8. The minimum absolute atomic E-state index is 0.120. The molecule has 3 rings (SSSR count). The number of aliphatic carboxylic acids is 1. The Hall–Kier alpha value is -0.570. The molecule has 3 aliphatic carbocycles. The van der Waals surface area contributed by atoms with Crippen molar-refractivity contribution in [3.05, 3.63) is 0 Å². The molecule has 0 saturated heterocycles. The van der Waals surface area contributed by atoms with Gasteiger partial charge >= 0.3 is 5.97 Å². The van der Waals surface area contributed by atoms with Crippen LogP contribution in [-0.2, 0) is 9.53 Å². The highest BCUT2D eigenvalue weighted by atomic mass is 16.5. The topological polar surface area (TPSA) is 46.5 Å². The van der Waals surface area contributed by atoms with Crippen molar-refractivity contribution in [2.24, 2.45) is 11.3 Å². The molecule has 3 heteroatoms. The van der Waals surface area contributed by atoms with Crippen LogP contribution in [0.3, 0.4) is 0 Å². The standard InChI is InChI=1S/C16H26O3/c17-15(18)12-4-6-13(7-5-12)19-14-8-11-16(14)9-2-1-3-10-16/h12-14H,1-11H2,(H,17,18). The van der Waals surface area contributed by atoms with Gasteiger partial charge in [-0.3, -0.25) is 4.79 Å². The summed E-state index contributed by atoms with van der Waals surface area (Å²) in [5.41, 5.74) is 0.516. The van der Waals surface area contributed by atoms with Gasteiger partial charge in [-0.2, -0.15) is 0 Å². The Bertz CT molecular complexity index is 325. The van der Waals surface area contributed by atoms with Gasteiger partial charge in [-0.05, 0) is 56.8 Å². The van der Waals surface area contributed by atoms with Crippen molar-refractivity contribution in [2.45, 2.75) is 82.8 Å². The number of carboxylic acid groups (broad SMARTS) is 1. The van der Waals surface area contributed by atoms with Crippen molar-refractivity contribution >= 4 is 5.97 Å². The van der Waals surface area contributed by atoms with Crippen LogP contribution in [0.5, 0.6) is 0 Å². The highest BCUT2D eigenvalue weighted by Gasteiger charge is 2.48. The van der Waals surface area contributed by atoms with Crippen molar-refractivity contribution in [1.29, 1.82) is 0 Å². The molecule has 0 aromatic heterocycles. The molecular formula is C16H26O3. The van der Waals surface area contributed by atoms with Gasteiger partial charge in [0, 0.05) is 0 Å². The van der Waals surface area contributed by atoms with Crippen LogP contribution in [-0.4, -0.2) is 23.3 Å². The lowest BCUT2D eigenvalue weighted by Crippen LogP contribution is -2.49. The number of hydrogen-bond acceptors (Lipinski definition) is 2. The van der Waals surface area contributed by atoms with Crippen LogP contribution in [0.4, 0.5) is 0 Å². The molecule has 3 aliphatic rings. The van der Waals surface area contributed by atoms with Crippen molar-refractivity contribution < 1.29 is 14.6 Å². The molecule has 0 amide bonds. The van der Waals surface area contributed by atoms with E-state index in [2.05, 4.69) is 0 Å². The fourth-order valence-corrected chi connectivity index (χ4v) is 4.39. The minimum atomic E-state index is -0.620. The van der Waals surface area contributed by atoms with Gasteiger partial charge in [0.1, 0.15) is 0 Å². The fourth-order valence-electron chi connectivity index (χ4n) is 4.39. The SMILES string of the molecule is O=C(O)C1CCC(OC2CCC23CCCCC3)CC1. The summed E-state index contributed by atoms with van der Waals surface area (Å²) in [4.78, 5) is 11.0. The Morgan fingerprint density at radius 2 is 1.63 bits per heavy atom. The van der Waals surface area contributed by atoms with Crippen molar-refractivity contribution in [2.75, 3.05) is 0 Å². The number of carboxylic acids is 1. The molecule has 0 aliphatic heterocycles. The second-order valence-electron chi connectivity index (χ2n) is 6.90. The van der Waals surface area contributed by atoms with E-state index < -0.39 is 5.97 Å². The average molecular weight is 266 g/mol. The third-order valence-corrected chi connectivity index (χ3v) is 5.82. The number of ether oxygens (including phenoxy) is 1. The maximum absolute atomic E-state index is 11.0. The molecule has 3 fully saturated rings. The lowest BCUT2D eigenvalue weighted by atomic mass is 9.58. The van der Waals surface area contributed by atoms with E-state index in [4.69, 9.17) is 9.84 Å². The number of carbonyl (C=O) groups is 1. The van der Waals surface area contributed by atoms with E-state index in [-0.39, 0.29) is 5.92 Å². The van der Waals surface area contributed by atoms with Gasteiger partial charge < -0.3 is 9.84 Å². The minimum Gasteiger partial charge on any atom is -0.481 e. The Kier molecular flexibility index (Phi) is 3.84. The van der Waals surface area contributed by atoms with Gasteiger partial charge in [-0.25, -0.2) is 0 Å². The summed E-state index contributed by atoms with van der Waals surface area (Å²) in [5.74, 6) is -0.740. The average Bonchev–Trinajstić information content (AvgIpc) is 2.45. The van der Waals surface area contributed by atoms with Crippen LogP contribution in [0.1, 0.15) is 70.6 Å². The zero-order valence-electron chi connectivity index (χ0n) is 11.8. The molecule has 0 bridgehead atoms. The first-order valence-corrected chi connectivity index (χ1v) is 8.08. The summed E-state index contributed by atoms with van der Waals surface area (Å²) in [5, 5.41) is 9.02. The summed E-state index contributed by atoms with van der Waals surface area (Å²) in [6.07, 6.45) is 13.8. The first-order valence-electron chi connectivity index (χ1n) is 8.08. The molecule has 1 N–H and O–H groups in total. The van der Waals surface area contributed by atoms with E-state index >= 15 is 0 Å². The van der Waals surface area contributed by atoms with Crippen LogP contribution >= 0.6 is 0 Å². The molecule has 0 aromatic carbocycles. The maximum Gasteiger partial charge on any atom is 0.306 e. The quantitative estimate of drug-likeness (QED) is 0.846. The van der Waals surface area contributed by atoms with E-state index in [0.717, 1.165) is 25.7 Å². The molecule has 1 spiro atoms. The van der Waals surface area contributed by atoms with E-state index in [1.165, 1.54) is 44.9 Å². The zero-order chi connectivity index (χ0) is 13.3. The van der Waals surface area contributed by atoms with Gasteiger partial charge in [-0.15, -0.1) is 0 Å². The molecule has 0 heterocycles. The third kappa shape index (κ3) is 2.67. The van der Waals surface area contributed by atoms with Crippen molar-refractivity contribution in [1.82, 2.24) is 0 Å². The first-order chi connectivity index (χ1) is 9.20. The predicted octanol–water partition coefficient (Wildman–Crippen LogP) is 3.76. The normalized spacial score (nSPS) is 37.8. The van der Waals surface area contributed by atoms with Crippen LogP contribution in [0.25, 0.3) is 0 Å². The molecule has 19 heavy (non-hydrogen) atoms. The van der Waals surface area contributed by atoms with E-state index in [1.807, 2.05) is 0 Å². The van der Waals surface area contributed by atoms with Gasteiger partial charge in [-0.1, -0.05) is 19.3 Å². The molecule has 1 unspecified atom stereocenters. The molecule has 3 nitrogen and oxygen atoms in total. The highest BCUT2D eigenvalue weighted by molar-refractivity contribution is 5.70. The maximum atomic E-state index is 11.0. The Morgan fingerprint density at radius 3 is 2.16 bits per heavy atom. The van der Waals surface area contributed by atoms with Gasteiger partial charge in [0.2, 0.25) is 0 Å². The van der Waals surface area contributed by atoms with Crippen molar-refractivity contribution in [3.63, 3.8) is 0 Å². The molecular weight excluding hydrogens is 240 g/mol. The second-order valence-corrected chi connectivity index (χ2v) is 6.90. The summed E-state index contributed by atoms with van der Waals surface area (Å²) in [7, 11) is 0. The molecule has 1 atom stereocenters. The molecule has 0 aromatic rings. The summed E-state index contributed by atoms with van der Waals surface area (Å²) < 4.78 is 6.36. The van der Waals surface area contributed by atoms with Gasteiger partial charge in [0.15, 0.2) is 0 Å². The summed E-state index contributed by atoms with van der Waals surface area (Å²) in [6.45, 7) is 0. The Morgan fingerprint density at radius 1 is 0.947 bits per heavy atom. The van der Waals surface area contributed by atoms with Gasteiger partial charge in [0.05, 0.1) is 18.1 Å². The summed E-state index contributed by atoms with van der Waals surface area (Å²) in [6, 6.07) is 0. The largest absolute Gasteiger partial charge is 0.481 e. The molecule has 0 radical (unpaired) electrons. The van der Waals surface area contributed by atoms with Crippen LogP contribution < -0.4 is 0 Å². The lowest BCUT2D eigenvalue weighted by Gasteiger charge is -2.53. The predicted molar refractivity (Wildman–Crippen MR) is 73.0 cm³/mol. The number of rotatable bonds is 3.